The van der Waals surface area contributed by atoms with Crippen molar-refractivity contribution in [3.8, 4) is 0 Å². The molecule has 0 aliphatic heterocycles. The third-order valence-electron chi connectivity index (χ3n) is 3.52. The number of aromatic nitrogens is 1. The molecule has 3 aromatic rings. The van der Waals surface area contributed by atoms with Crippen molar-refractivity contribution in [3.05, 3.63) is 71.9 Å². The van der Waals surface area contributed by atoms with Crippen molar-refractivity contribution in [1.82, 2.24) is 4.98 Å². The summed E-state index contributed by atoms with van der Waals surface area (Å²) in [6, 6.07) is 17.1. The first-order chi connectivity index (χ1) is 10.2. The van der Waals surface area contributed by atoms with Gasteiger partial charge < -0.3 is 4.90 Å². The van der Waals surface area contributed by atoms with Crippen LogP contribution in [-0.4, -0.2) is 24.9 Å². The largest absolute Gasteiger partial charge is 0.378 e. The monoisotopic (exact) mass is 276 g/mol. The van der Waals surface area contributed by atoms with E-state index in [0.29, 0.717) is 11.1 Å². The molecular formula is C18H16N2O. The standard InChI is InChI=1S/C18H16N2O/c1-20(2)14-7-3-6-13(12-14)18(21)16-8-4-10-17-15(16)9-5-11-19-17/h3-12H,1-2H3. The normalized spacial score (nSPS) is 10.6. The Morgan fingerprint density at radius 2 is 1.81 bits per heavy atom. The Morgan fingerprint density at radius 1 is 1.00 bits per heavy atom. The van der Waals surface area contributed by atoms with Crippen LogP contribution in [0.15, 0.2) is 60.8 Å². The van der Waals surface area contributed by atoms with Crippen LogP contribution in [0.4, 0.5) is 5.69 Å². The molecule has 1 heterocycles. The zero-order valence-corrected chi connectivity index (χ0v) is 12.1. The predicted molar refractivity (Wildman–Crippen MR) is 85.9 cm³/mol. The Bertz CT molecular complexity index is 804. The van der Waals surface area contributed by atoms with Crippen molar-refractivity contribution >= 4 is 22.4 Å². The number of carbonyl (C=O) groups excluding carboxylic acids is 1. The second kappa shape index (κ2) is 5.37. The van der Waals surface area contributed by atoms with Gasteiger partial charge in [0.05, 0.1) is 5.52 Å². The maximum atomic E-state index is 12.8. The third-order valence-corrected chi connectivity index (χ3v) is 3.52. The van der Waals surface area contributed by atoms with Gasteiger partial charge in [0.2, 0.25) is 0 Å². The van der Waals surface area contributed by atoms with Gasteiger partial charge in [0.25, 0.3) is 0 Å². The maximum absolute atomic E-state index is 12.8. The molecule has 0 saturated carbocycles. The van der Waals surface area contributed by atoms with Gasteiger partial charge in [-0.25, -0.2) is 0 Å². The van der Waals surface area contributed by atoms with Crippen LogP contribution in [0.5, 0.6) is 0 Å². The topological polar surface area (TPSA) is 33.2 Å². The lowest BCUT2D eigenvalue weighted by atomic mass is 9.99. The van der Waals surface area contributed by atoms with Gasteiger partial charge in [0, 0.05) is 42.5 Å². The van der Waals surface area contributed by atoms with E-state index in [1.165, 1.54) is 0 Å². The van der Waals surface area contributed by atoms with Crippen molar-refractivity contribution in [2.75, 3.05) is 19.0 Å². The molecule has 0 bridgehead atoms. The zero-order chi connectivity index (χ0) is 14.8. The second-order valence-electron chi connectivity index (χ2n) is 5.15. The summed E-state index contributed by atoms with van der Waals surface area (Å²) < 4.78 is 0. The van der Waals surface area contributed by atoms with Gasteiger partial charge >= 0.3 is 0 Å². The fraction of sp³-hybridized carbons (Fsp3) is 0.111. The number of carbonyl (C=O) groups is 1. The number of benzene rings is 2. The quantitative estimate of drug-likeness (QED) is 0.686. The molecule has 3 heteroatoms. The number of ketones is 1. The number of fused-ring (bicyclic) bond motifs is 1. The van der Waals surface area contributed by atoms with Crippen molar-refractivity contribution in [2.45, 2.75) is 0 Å². The molecule has 0 fully saturated rings. The van der Waals surface area contributed by atoms with Gasteiger partial charge in [-0.15, -0.1) is 0 Å². The van der Waals surface area contributed by atoms with Crippen LogP contribution in [0.3, 0.4) is 0 Å². The highest BCUT2D eigenvalue weighted by atomic mass is 16.1. The molecule has 0 aliphatic rings. The lowest BCUT2D eigenvalue weighted by molar-refractivity contribution is 0.104. The van der Waals surface area contributed by atoms with Crippen LogP contribution in [0.25, 0.3) is 10.9 Å². The first-order valence-corrected chi connectivity index (χ1v) is 6.82. The molecule has 1 aromatic heterocycles. The van der Waals surface area contributed by atoms with Crippen LogP contribution in [0.1, 0.15) is 15.9 Å². The number of hydrogen-bond acceptors (Lipinski definition) is 3. The number of rotatable bonds is 3. The average molecular weight is 276 g/mol. The van der Waals surface area contributed by atoms with Crippen LogP contribution in [0, 0.1) is 0 Å². The van der Waals surface area contributed by atoms with Crippen molar-refractivity contribution in [3.63, 3.8) is 0 Å². The van der Waals surface area contributed by atoms with Gasteiger partial charge in [-0.05, 0) is 24.3 Å². The molecule has 0 N–H and O–H groups in total. The average Bonchev–Trinajstić information content (AvgIpc) is 2.53. The molecule has 0 amide bonds. The fourth-order valence-corrected chi connectivity index (χ4v) is 2.38. The Morgan fingerprint density at radius 3 is 2.62 bits per heavy atom. The van der Waals surface area contributed by atoms with E-state index in [1.807, 2.05) is 73.6 Å². The minimum absolute atomic E-state index is 0.0253. The molecule has 21 heavy (non-hydrogen) atoms. The predicted octanol–water partition coefficient (Wildman–Crippen LogP) is 3.53. The minimum Gasteiger partial charge on any atom is -0.378 e. The number of pyridine rings is 1. The van der Waals surface area contributed by atoms with Gasteiger partial charge in [0.15, 0.2) is 5.78 Å². The molecule has 0 radical (unpaired) electrons. The molecule has 104 valence electrons. The fourth-order valence-electron chi connectivity index (χ4n) is 2.38. The Labute approximate surface area is 123 Å². The Hall–Kier alpha value is -2.68. The van der Waals surface area contributed by atoms with Gasteiger partial charge in [-0.1, -0.05) is 30.3 Å². The summed E-state index contributed by atoms with van der Waals surface area (Å²) in [5.41, 5.74) is 3.24. The Balaban J connectivity index is 2.11. The lowest BCUT2D eigenvalue weighted by Crippen LogP contribution is -2.10. The first kappa shape index (κ1) is 13.3. The third kappa shape index (κ3) is 2.50. The lowest BCUT2D eigenvalue weighted by Gasteiger charge is -2.13. The SMILES string of the molecule is CN(C)c1cccc(C(=O)c2cccc3ncccc23)c1. The molecular weight excluding hydrogens is 260 g/mol. The van der Waals surface area contributed by atoms with E-state index in [1.54, 1.807) is 6.20 Å². The summed E-state index contributed by atoms with van der Waals surface area (Å²) in [6.45, 7) is 0. The summed E-state index contributed by atoms with van der Waals surface area (Å²) in [5.74, 6) is 0.0253. The number of nitrogens with zero attached hydrogens (tertiary/aromatic N) is 2. The maximum Gasteiger partial charge on any atom is 0.193 e. The van der Waals surface area contributed by atoms with Crippen molar-refractivity contribution < 1.29 is 4.79 Å². The van der Waals surface area contributed by atoms with E-state index in [0.717, 1.165) is 16.6 Å². The van der Waals surface area contributed by atoms with Crippen LogP contribution in [-0.2, 0) is 0 Å². The van der Waals surface area contributed by atoms with Gasteiger partial charge in [-0.2, -0.15) is 0 Å². The zero-order valence-electron chi connectivity index (χ0n) is 12.1. The van der Waals surface area contributed by atoms with Crippen LogP contribution >= 0.6 is 0 Å². The number of hydrogen-bond donors (Lipinski definition) is 0. The second-order valence-corrected chi connectivity index (χ2v) is 5.15. The van der Waals surface area contributed by atoms with E-state index in [9.17, 15) is 4.79 Å². The molecule has 0 atom stereocenters. The molecule has 2 aromatic carbocycles. The molecule has 0 unspecified atom stereocenters. The van der Waals surface area contributed by atoms with E-state index in [2.05, 4.69) is 4.98 Å². The summed E-state index contributed by atoms with van der Waals surface area (Å²) in [4.78, 5) is 19.1. The van der Waals surface area contributed by atoms with Gasteiger partial charge in [-0.3, -0.25) is 9.78 Å². The molecule has 3 rings (SSSR count). The minimum atomic E-state index is 0.0253. The van der Waals surface area contributed by atoms with E-state index >= 15 is 0 Å². The van der Waals surface area contributed by atoms with Crippen molar-refractivity contribution in [1.29, 1.82) is 0 Å². The first-order valence-electron chi connectivity index (χ1n) is 6.82. The van der Waals surface area contributed by atoms with Crippen LogP contribution in [0.2, 0.25) is 0 Å². The summed E-state index contributed by atoms with van der Waals surface area (Å²) >= 11 is 0. The summed E-state index contributed by atoms with van der Waals surface area (Å²) in [7, 11) is 3.93. The Kier molecular flexibility index (Phi) is 3.40. The van der Waals surface area contributed by atoms with E-state index in [4.69, 9.17) is 0 Å². The molecule has 0 aliphatic carbocycles. The number of anilines is 1. The smallest absolute Gasteiger partial charge is 0.193 e. The molecule has 0 saturated heterocycles. The summed E-state index contributed by atoms with van der Waals surface area (Å²) in [5, 5.41) is 0.889. The van der Waals surface area contributed by atoms with Crippen molar-refractivity contribution in [2.24, 2.45) is 0 Å². The molecule has 0 spiro atoms. The summed E-state index contributed by atoms with van der Waals surface area (Å²) in [6.07, 6.45) is 1.74. The van der Waals surface area contributed by atoms with Gasteiger partial charge in [0.1, 0.15) is 0 Å². The van der Waals surface area contributed by atoms with E-state index in [-0.39, 0.29) is 5.78 Å². The highest BCUT2D eigenvalue weighted by Gasteiger charge is 2.13. The highest BCUT2D eigenvalue weighted by molar-refractivity contribution is 6.16. The van der Waals surface area contributed by atoms with Crippen LogP contribution < -0.4 is 4.90 Å². The highest BCUT2D eigenvalue weighted by Crippen LogP contribution is 2.22. The molecule has 3 nitrogen and oxygen atoms in total. The van der Waals surface area contributed by atoms with E-state index < -0.39 is 0 Å².